The lowest BCUT2D eigenvalue weighted by Gasteiger charge is -2.16. The molecule has 0 aliphatic rings. The minimum Gasteiger partial charge on any atom is -0.352 e. The number of benzene rings is 2. The topological polar surface area (TPSA) is 29.1 Å². The Hall–Kier alpha value is -1.61. The average molecular weight is 332 g/mol. The van der Waals surface area contributed by atoms with E-state index in [1.165, 1.54) is 5.56 Å². The molecule has 2 aromatic rings. The molecule has 0 radical (unpaired) electrons. The Morgan fingerprint density at radius 1 is 0.950 bits per heavy atom. The van der Waals surface area contributed by atoms with Crippen molar-refractivity contribution in [2.75, 3.05) is 5.33 Å². The van der Waals surface area contributed by atoms with Crippen LogP contribution in [0.5, 0.6) is 0 Å². The van der Waals surface area contributed by atoms with Gasteiger partial charge in [-0.05, 0) is 17.5 Å². The SMILES string of the molecule is O=C(Cc1ccccc1)NC(CBr)Cc1ccccc1. The van der Waals surface area contributed by atoms with Gasteiger partial charge >= 0.3 is 0 Å². The molecular formula is C17H18BrNO. The van der Waals surface area contributed by atoms with E-state index in [0.29, 0.717) is 6.42 Å². The van der Waals surface area contributed by atoms with Crippen LogP contribution in [-0.4, -0.2) is 17.3 Å². The predicted octanol–water partition coefficient (Wildman–Crippen LogP) is 3.35. The van der Waals surface area contributed by atoms with E-state index in [0.717, 1.165) is 17.3 Å². The first-order chi connectivity index (χ1) is 9.78. The number of carbonyl (C=O) groups excluding carboxylic acids is 1. The summed E-state index contributed by atoms with van der Waals surface area (Å²) in [6, 6.07) is 20.1. The Bertz CT molecular complexity index is 527. The van der Waals surface area contributed by atoms with Crippen LogP contribution in [0.4, 0.5) is 0 Å². The van der Waals surface area contributed by atoms with E-state index in [1.807, 2.05) is 48.5 Å². The summed E-state index contributed by atoms with van der Waals surface area (Å²) in [5, 5.41) is 3.83. The average Bonchev–Trinajstić information content (AvgIpc) is 2.48. The predicted molar refractivity (Wildman–Crippen MR) is 86.0 cm³/mol. The van der Waals surface area contributed by atoms with Crippen LogP contribution in [0.1, 0.15) is 11.1 Å². The number of hydrogen-bond acceptors (Lipinski definition) is 1. The summed E-state index contributed by atoms with van der Waals surface area (Å²) in [6.45, 7) is 0. The maximum atomic E-state index is 12.0. The van der Waals surface area contributed by atoms with E-state index >= 15 is 0 Å². The van der Waals surface area contributed by atoms with Crippen LogP contribution in [-0.2, 0) is 17.6 Å². The summed E-state index contributed by atoms with van der Waals surface area (Å²) in [4.78, 5) is 12.0. The second-order valence-corrected chi connectivity index (χ2v) is 5.42. The summed E-state index contributed by atoms with van der Waals surface area (Å²) in [5.74, 6) is 0.0663. The molecule has 1 unspecified atom stereocenters. The van der Waals surface area contributed by atoms with Crippen molar-refractivity contribution in [2.45, 2.75) is 18.9 Å². The zero-order valence-electron chi connectivity index (χ0n) is 11.3. The van der Waals surface area contributed by atoms with Crippen LogP contribution in [0.3, 0.4) is 0 Å². The Morgan fingerprint density at radius 3 is 2.05 bits per heavy atom. The maximum absolute atomic E-state index is 12.0. The highest BCUT2D eigenvalue weighted by atomic mass is 79.9. The molecule has 0 saturated carbocycles. The zero-order valence-corrected chi connectivity index (χ0v) is 12.8. The number of carbonyl (C=O) groups is 1. The van der Waals surface area contributed by atoms with Crippen LogP contribution in [0.25, 0.3) is 0 Å². The third-order valence-electron chi connectivity index (χ3n) is 3.08. The van der Waals surface area contributed by atoms with E-state index in [2.05, 4.69) is 33.4 Å². The van der Waals surface area contributed by atoms with Crippen molar-refractivity contribution in [1.29, 1.82) is 0 Å². The molecule has 0 aromatic heterocycles. The smallest absolute Gasteiger partial charge is 0.224 e. The summed E-state index contributed by atoms with van der Waals surface area (Å²) in [7, 11) is 0. The van der Waals surface area contributed by atoms with Gasteiger partial charge in [-0.25, -0.2) is 0 Å². The summed E-state index contributed by atoms with van der Waals surface area (Å²) in [5.41, 5.74) is 2.27. The van der Waals surface area contributed by atoms with Gasteiger partial charge in [0, 0.05) is 11.4 Å². The molecule has 0 heterocycles. The van der Waals surface area contributed by atoms with Gasteiger partial charge in [0.2, 0.25) is 5.91 Å². The van der Waals surface area contributed by atoms with E-state index in [1.54, 1.807) is 0 Å². The summed E-state index contributed by atoms with van der Waals surface area (Å²) in [6.07, 6.45) is 1.27. The second kappa shape index (κ2) is 7.85. The van der Waals surface area contributed by atoms with Crippen LogP contribution in [0.15, 0.2) is 60.7 Å². The molecule has 2 nitrogen and oxygen atoms in total. The van der Waals surface area contributed by atoms with Crippen LogP contribution < -0.4 is 5.32 Å². The van der Waals surface area contributed by atoms with Gasteiger partial charge in [0.25, 0.3) is 0 Å². The molecule has 0 saturated heterocycles. The standard InChI is InChI=1S/C17H18BrNO/c18-13-16(11-14-7-3-1-4-8-14)19-17(20)12-15-9-5-2-6-10-15/h1-10,16H,11-13H2,(H,19,20). The van der Waals surface area contributed by atoms with Crippen molar-refractivity contribution in [3.63, 3.8) is 0 Å². The fourth-order valence-corrected chi connectivity index (χ4v) is 2.49. The van der Waals surface area contributed by atoms with Crippen LogP contribution in [0, 0.1) is 0 Å². The minimum atomic E-state index is 0.0663. The van der Waals surface area contributed by atoms with Gasteiger partial charge in [0.05, 0.1) is 6.42 Å². The number of alkyl halides is 1. The van der Waals surface area contributed by atoms with E-state index < -0.39 is 0 Å². The molecular weight excluding hydrogens is 314 g/mol. The highest BCUT2D eigenvalue weighted by Crippen LogP contribution is 2.06. The van der Waals surface area contributed by atoms with Crippen LogP contribution >= 0.6 is 15.9 Å². The normalized spacial score (nSPS) is 11.8. The lowest BCUT2D eigenvalue weighted by atomic mass is 10.1. The van der Waals surface area contributed by atoms with Crippen molar-refractivity contribution in [2.24, 2.45) is 0 Å². The van der Waals surface area contributed by atoms with Crippen molar-refractivity contribution in [1.82, 2.24) is 5.32 Å². The molecule has 104 valence electrons. The monoisotopic (exact) mass is 331 g/mol. The molecule has 0 fully saturated rings. The quantitative estimate of drug-likeness (QED) is 0.808. The summed E-state index contributed by atoms with van der Waals surface area (Å²) < 4.78 is 0. The Balaban J connectivity index is 1.88. The van der Waals surface area contributed by atoms with E-state index in [-0.39, 0.29) is 11.9 Å². The second-order valence-electron chi connectivity index (χ2n) is 4.77. The van der Waals surface area contributed by atoms with Gasteiger partial charge in [0.15, 0.2) is 0 Å². The third kappa shape index (κ3) is 4.82. The first kappa shape index (κ1) is 14.8. The minimum absolute atomic E-state index is 0.0663. The highest BCUT2D eigenvalue weighted by molar-refractivity contribution is 9.09. The van der Waals surface area contributed by atoms with Gasteiger partial charge < -0.3 is 5.32 Å². The molecule has 1 amide bonds. The Morgan fingerprint density at radius 2 is 1.50 bits per heavy atom. The molecule has 1 N–H and O–H groups in total. The summed E-state index contributed by atoms with van der Waals surface area (Å²) >= 11 is 3.47. The molecule has 1 atom stereocenters. The fraction of sp³-hybridized carbons (Fsp3) is 0.235. The largest absolute Gasteiger partial charge is 0.352 e. The molecule has 2 aromatic carbocycles. The van der Waals surface area contributed by atoms with Gasteiger partial charge in [-0.2, -0.15) is 0 Å². The molecule has 0 bridgehead atoms. The van der Waals surface area contributed by atoms with E-state index in [9.17, 15) is 4.79 Å². The third-order valence-corrected chi connectivity index (χ3v) is 3.87. The molecule has 0 spiro atoms. The molecule has 20 heavy (non-hydrogen) atoms. The first-order valence-corrected chi connectivity index (χ1v) is 7.83. The molecule has 3 heteroatoms. The highest BCUT2D eigenvalue weighted by Gasteiger charge is 2.12. The van der Waals surface area contributed by atoms with Crippen LogP contribution in [0.2, 0.25) is 0 Å². The number of nitrogens with one attached hydrogen (secondary N) is 1. The number of rotatable bonds is 6. The first-order valence-electron chi connectivity index (χ1n) is 6.71. The van der Waals surface area contributed by atoms with Crippen molar-refractivity contribution < 1.29 is 4.79 Å². The van der Waals surface area contributed by atoms with Gasteiger partial charge in [-0.15, -0.1) is 0 Å². The number of halogens is 1. The lowest BCUT2D eigenvalue weighted by Crippen LogP contribution is -2.38. The molecule has 2 rings (SSSR count). The van der Waals surface area contributed by atoms with Gasteiger partial charge in [-0.1, -0.05) is 76.6 Å². The van der Waals surface area contributed by atoms with Gasteiger partial charge in [0.1, 0.15) is 0 Å². The van der Waals surface area contributed by atoms with Crippen molar-refractivity contribution in [3.8, 4) is 0 Å². The molecule has 0 aliphatic carbocycles. The fourth-order valence-electron chi connectivity index (χ4n) is 2.10. The Kier molecular flexibility index (Phi) is 5.81. The molecule has 0 aliphatic heterocycles. The number of hydrogen-bond donors (Lipinski definition) is 1. The zero-order chi connectivity index (χ0) is 14.2. The van der Waals surface area contributed by atoms with Crippen molar-refractivity contribution >= 4 is 21.8 Å². The van der Waals surface area contributed by atoms with E-state index in [4.69, 9.17) is 0 Å². The Labute approximate surface area is 128 Å². The maximum Gasteiger partial charge on any atom is 0.224 e. The van der Waals surface area contributed by atoms with Crippen molar-refractivity contribution in [3.05, 3.63) is 71.8 Å². The lowest BCUT2D eigenvalue weighted by molar-refractivity contribution is -0.121. The van der Waals surface area contributed by atoms with Gasteiger partial charge in [-0.3, -0.25) is 4.79 Å². The number of amides is 1.